The molecule has 108 valence electrons. The van der Waals surface area contributed by atoms with Crippen molar-refractivity contribution >= 4 is 21.8 Å². The van der Waals surface area contributed by atoms with Gasteiger partial charge in [-0.3, -0.25) is 14.2 Å². The number of hydrogen-bond donors (Lipinski definition) is 1. The van der Waals surface area contributed by atoms with Gasteiger partial charge < -0.3 is 5.32 Å². The highest BCUT2D eigenvalue weighted by molar-refractivity contribution is 9.10. The minimum Gasteiger partial charge on any atom is -0.343 e. The number of carbonyl (C=O) groups is 1. The second-order valence-electron chi connectivity index (χ2n) is 4.45. The molecule has 2 heterocycles. The quantitative estimate of drug-likeness (QED) is 0.909. The second-order valence-corrected chi connectivity index (χ2v) is 5.30. The van der Waals surface area contributed by atoms with Crippen molar-refractivity contribution in [3.8, 4) is 0 Å². The van der Waals surface area contributed by atoms with Gasteiger partial charge in [0.05, 0.1) is 22.4 Å². The van der Waals surface area contributed by atoms with Crippen LogP contribution in [-0.2, 0) is 13.1 Å². The van der Waals surface area contributed by atoms with Crippen molar-refractivity contribution in [1.29, 1.82) is 0 Å². The lowest BCUT2D eigenvalue weighted by Crippen LogP contribution is -2.29. The van der Waals surface area contributed by atoms with Crippen LogP contribution in [0.2, 0.25) is 0 Å². The van der Waals surface area contributed by atoms with Crippen LogP contribution in [0.15, 0.2) is 22.9 Å². The van der Waals surface area contributed by atoms with Gasteiger partial charge in [-0.25, -0.2) is 0 Å². The molecule has 0 radical (unpaired) electrons. The molecule has 0 aliphatic carbocycles. The second kappa shape index (κ2) is 6.21. The smallest absolute Gasteiger partial charge is 0.271 e. The highest BCUT2D eigenvalue weighted by Crippen LogP contribution is 2.17. The lowest BCUT2D eigenvalue weighted by atomic mass is 10.2. The number of rotatable bonds is 5. The molecule has 0 spiro atoms. The van der Waals surface area contributed by atoms with Gasteiger partial charge in [-0.05, 0) is 42.8 Å². The van der Waals surface area contributed by atoms with E-state index in [2.05, 4.69) is 31.4 Å². The van der Waals surface area contributed by atoms with Crippen LogP contribution in [0.3, 0.4) is 0 Å². The minimum absolute atomic E-state index is 0.151. The van der Waals surface area contributed by atoms with Crippen LogP contribution in [0.1, 0.15) is 43.0 Å². The largest absolute Gasteiger partial charge is 0.343 e. The van der Waals surface area contributed by atoms with E-state index in [4.69, 9.17) is 0 Å². The number of hydrogen-bond acceptors (Lipinski definition) is 3. The number of aromatic nitrogens is 4. The Morgan fingerprint density at radius 2 is 2.20 bits per heavy atom. The summed E-state index contributed by atoms with van der Waals surface area (Å²) in [5.74, 6) is -0.158. The molecule has 20 heavy (non-hydrogen) atoms. The molecule has 0 aromatic carbocycles. The van der Waals surface area contributed by atoms with Crippen molar-refractivity contribution in [2.24, 2.45) is 0 Å². The van der Waals surface area contributed by atoms with Crippen LogP contribution in [0.5, 0.6) is 0 Å². The highest BCUT2D eigenvalue weighted by Gasteiger charge is 2.19. The Kier molecular flexibility index (Phi) is 4.59. The maximum absolute atomic E-state index is 12.3. The van der Waals surface area contributed by atoms with E-state index in [0.29, 0.717) is 16.7 Å². The number of nitrogens with zero attached hydrogens (tertiary/aromatic N) is 4. The van der Waals surface area contributed by atoms with Gasteiger partial charge in [0.2, 0.25) is 0 Å². The maximum atomic E-state index is 12.3. The van der Waals surface area contributed by atoms with Gasteiger partial charge in [0.15, 0.2) is 0 Å². The summed E-state index contributed by atoms with van der Waals surface area (Å²) in [6, 6.07) is 1.77. The van der Waals surface area contributed by atoms with Gasteiger partial charge in [-0.15, -0.1) is 0 Å². The molecule has 0 bridgehead atoms. The van der Waals surface area contributed by atoms with E-state index in [9.17, 15) is 4.79 Å². The van der Waals surface area contributed by atoms with Crippen LogP contribution < -0.4 is 5.32 Å². The first kappa shape index (κ1) is 14.8. The molecule has 7 heteroatoms. The third-order valence-corrected chi connectivity index (χ3v) is 3.67. The molecule has 0 aliphatic heterocycles. The summed E-state index contributed by atoms with van der Waals surface area (Å²) in [5, 5.41) is 11.5. The molecule has 1 amide bonds. The third-order valence-electron chi connectivity index (χ3n) is 3.09. The van der Waals surface area contributed by atoms with Crippen molar-refractivity contribution in [3.05, 3.63) is 34.3 Å². The zero-order chi connectivity index (χ0) is 14.7. The summed E-state index contributed by atoms with van der Waals surface area (Å²) in [7, 11) is 0. The van der Waals surface area contributed by atoms with Gasteiger partial charge in [-0.2, -0.15) is 10.2 Å². The molecule has 2 aromatic heterocycles. The number of aryl methyl sites for hydroxylation is 2. The summed E-state index contributed by atoms with van der Waals surface area (Å²) in [6.07, 6.45) is 3.54. The van der Waals surface area contributed by atoms with E-state index in [1.54, 1.807) is 10.9 Å². The summed E-state index contributed by atoms with van der Waals surface area (Å²) in [4.78, 5) is 12.3. The number of amides is 1. The van der Waals surface area contributed by atoms with E-state index in [-0.39, 0.29) is 11.9 Å². The Morgan fingerprint density at radius 3 is 2.80 bits per heavy atom. The van der Waals surface area contributed by atoms with Gasteiger partial charge in [0.25, 0.3) is 5.91 Å². The molecule has 2 rings (SSSR count). The first-order valence-corrected chi connectivity index (χ1v) is 7.41. The summed E-state index contributed by atoms with van der Waals surface area (Å²) < 4.78 is 4.20. The van der Waals surface area contributed by atoms with Crippen molar-refractivity contribution < 1.29 is 4.79 Å². The lowest BCUT2D eigenvalue weighted by Gasteiger charge is -2.12. The van der Waals surface area contributed by atoms with E-state index in [1.807, 2.05) is 37.7 Å². The standard InChI is InChI=1S/C13H18BrN5O/c1-4-18-7-6-11(17-18)9(3)16-13(20)12-10(14)8-15-19(12)5-2/h6-9H,4-5H2,1-3H3,(H,16,20). The molecule has 0 saturated heterocycles. The zero-order valence-corrected chi connectivity index (χ0v) is 13.4. The van der Waals surface area contributed by atoms with Crippen LogP contribution in [0, 0.1) is 0 Å². The van der Waals surface area contributed by atoms with Crippen LogP contribution >= 0.6 is 15.9 Å². The monoisotopic (exact) mass is 339 g/mol. The molecule has 0 fully saturated rings. The zero-order valence-electron chi connectivity index (χ0n) is 11.8. The molecule has 2 aromatic rings. The number of nitrogens with one attached hydrogen (secondary N) is 1. The Hall–Kier alpha value is -1.63. The van der Waals surface area contributed by atoms with Crippen LogP contribution in [0.4, 0.5) is 0 Å². The third kappa shape index (κ3) is 2.92. The fourth-order valence-corrected chi connectivity index (χ4v) is 2.43. The van der Waals surface area contributed by atoms with E-state index in [1.165, 1.54) is 0 Å². The average Bonchev–Trinajstić information content (AvgIpc) is 3.04. The summed E-state index contributed by atoms with van der Waals surface area (Å²) >= 11 is 3.36. The predicted molar refractivity (Wildman–Crippen MR) is 79.4 cm³/mol. The number of carbonyl (C=O) groups excluding carboxylic acids is 1. The Morgan fingerprint density at radius 1 is 1.45 bits per heavy atom. The molecule has 1 N–H and O–H groups in total. The molecule has 0 aliphatic rings. The first-order chi connectivity index (χ1) is 9.56. The lowest BCUT2D eigenvalue weighted by molar-refractivity contribution is 0.0927. The fourth-order valence-electron chi connectivity index (χ4n) is 1.95. The Bertz CT molecular complexity index is 604. The van der Waals surface area contributed by atoms with E-state index in [0.717, 1.165) is 12.2 Å². The molecule has 0 saturated carbocycles. The minimum atomic E-state index is -0.158. The molecule has 1 unspecified atom stereocenters. The van der Waals surface area contributed by atoms with Crippen molar-refractivity contribution in [2.75, 3.05) is 0 Å². The van der Waals surface area contributed by atoms with E-state index < -0.39 is 0 Å². The van der Waals surface area contributed by atoms with Gasteiger partial charge >= 0.3 is 0 Å². The Labute approximate surface area is 126 Å². The number of halogens is 1. The van der Waals surface area contributed by atoms with Gasteiger partial charge in [-0.1, -0.05) is 0 Å². The topological polar surface area (TPSA) is 64.7 Å². The summed E-state index contributed by atoms with van der Waals surface area (Å²) in [5.41, 5.74) is 1.38. The van der Waals surface area contributed by atoms with Crippen molar-refractivity contribution in [3.63, 3.8) is 0 Å². The molecule has 1 atom stereocenters. The average molecular weight is 340 g/mol. The molecular weight excluding hydrogens is 322 g/mol. The summed E-state index contributed by atoms with van der Waals surface area (Å²) in [6.45, 7) is 7.35. The van der Waals surface area contributed by atoms with Crippen molar-refractivity contribution in [1.82, 2.24) is 24.9 Å². The highest BCUT2D eigenvalue weighted by atomic mass is 79.9. The first-order valence-electron chi connectivity index (χ1n) is 6.62. The molecular formula is C13H18BrN5O. The van der Waals surface area contributed by atoms with Gasteiger partial charge in [0.1, 0.15) is 5.69 Å². The Balaban J connectivity index is 2.12. The van der Waals surface area contributed by atoms with E-state index >= 15 is 0 Å². The van der Waals surface area contributed by atoms with Crippen LogP contribution in [0.25, 0.3) is 0 Å². The predicted octanol–water partition coefficient (Wildman–Crippen LogP) is 2.37. The van der Waals surface area contributed by atoms with Crippen molar-refractivity contribution in [2.45, 2.75) is 39.9 Å². The molecule has 6 nitrogen and oxygen atoms in total. The maximum Gasteiger partial charge on any atom is 0.271 e. The van der Waals surface area contributed by atoms with Gasteiger partial charge in [0, 0.05) is 19.3 Å². The van der Waals surface area contributed by atoms with Crippen LogP contribution in [-0.4, -0.2) is 25.5 Å². The SMILES string of the molecule is CCn1ccc(C(C)NC(=O)c2c(Br)cnn2CC)n1. The normalized spacial score (nSPS) is 12.4. The fraction of sp³-hybridized carbons (Fsp3) is 0.462.